The van der Waals surface area contributed by atoms with Crippen molar-refractivity contribution in [2.24, 2.45) is 7.05 Å². The van der Waals surface area contributed by atoms with E-state index in [9.17, 15) is 4.79 Å². The van der Waals surface area contributed by atoms with Gasteiger partial charge in [-0.05, 0) is 34.6 Å². The molecule has 4 heteroatoms. The van der Waals surface area contributed by atoms with Crippen LogP contribution in [0, 0.1) is 0 Å². The zero-order chi connectivity index (χ0) is 24.1. The number of nitrogens with one attached hydrogen (secondary N) is 1. The van der Waals surface area contributed by atoms with Crippen molar-refractivity contribution in [2.45, 2.75) is 97.4 Å². The molecule has 0 aliphatic rings. The predicted molar refractivity (Wildman–Crippen MR) is 136 cm³/mol. The van der Waals surface area contributed by atoms with Gasteiger partial charge in [0.25, 0.3) is 0 Å². The van der Waals surface area contributed by atoms with Crippen molar-refractivity contribution in [3.8, 4) is 5.75 Å². The van der Waals surface area contributed by atoms with Gasteiger partial charge in [0.15, 0.2) is 12.4 Å². The Morgan fingerprint density at radius 1 is 0.909 bits per heavy atom. The van der Waals surface area contributed by atoms with Crippen molar-refractivity contribution in [2.75, 3.05) is 6.61 Å². The molecular formula is C29H45N2O2+. The van der Waals surface area contributed by atoms with Crippen molar-refractivity contribution < 1.29 is 14.1 Å². The number of hydrogen-bond acceptors (Lipinski definition) is 2. The van der Waals surface area contributed by atoms with Gasteiger partial charge in [0.05, 0.1) is 13.0 Å². The molecule has 2 rings (SSSR count). The molecule has 1 aromatic heterocycles. The molecule has 1 amide bonds. The Balaban J connectivity index is 1.83. The van der Waals surface area contributed by atoms with Crippen molar-refractivity contribution in [3.05, 3.63) is 59.4 Å². The molecule has 2 aromatic rings. The summed E-state index contributed by atoms with van der Waals surface area (Å²) in [5.41, 5.74) is 3.25. The second-order valence-corrected chi connectivity index (χ2v) is 10.2. The van der Waals surface area contributed by atoms with Gasteiger partial charge in [-0.25, -0.2) is 4.57 Å². The van der Waals surface area contributed by atoms with Gasteiger partial charge in [-0.3, -0.25) is 4.79 Å². The smallest absolute Gasteiger partial charge is 0.224 e. The number of aromatic nitrogens is 1. The van der Waals surface area contributed by atoms with Gasteiger partial charge < -0.3 is 10.1 Å². The minimum absolute atomic E-state index is 0.0377. The van der Waals surface area contributed by atoms with E-state index in [4.69, 9.17) is 4.74 Å². The average molecular weight is 454 g/mol. The highest BCUT2D eigenvalue weighted by Gasteiger charge is 2.20. The summed E-state index contributed by atoms with van der Waals surface area (Å²) in [6, 6.07) is 10.3. The lowest BCUT2D eigenvalue weighted by atomic mass is 9.85. The zero-order valence-electron chi connectivity index (χ0n) is 21.6. The predicted octanol–water partition coefficient (Wildman–Crippen LogP) is 6.19. The highest BCUT2D eigenvalue weighted by Crippen LogP contribution is 2.32. The molecule has 0 spiro atoms. The molecule has 0 unspecified atom stereocenters. The van der Waals surface area contributed by atoms with Crippen LogP contribution in [0.5, 0.6) is 5.75 Å². The Hall–Kier alpha value is -2.36. The summed E-state index contributed by atoms with van der Waals surface area (Å²) in [5.74, 6) is 0.988. The fraction of sp³-hybridized carbons (Fsp3) is 0.586. The lowest BCUT2D eigenvalue weighted by molar-refractivity contribution is -0.671. The van der Waals surface area contributed by atoms with E-state index in [1.54, 1.807) is 0 Å². The molecule has 0 saturated heterocycles. The summed E-state index contributed by atoms with van der Waals surface area (Å²) in [5, 5.41) is 3.03. The minimum atomic E-state index is -0.0410. The molecule has 0 radical (unpaired) electrons. The molecule has 0 saturated carbocycles. The number of unbranched alkanes of at least 4 members (excludes halogenated alkanes) is 7. The number of aryl methyl sites for hydroxylation is 1. The van der Waals surface area contributed by atoms with Gasteiger partial charge in [0.2, 0.25) is 5.91 Å². The standard InChI is InChI=1S/C29H44N2O2/c1-6-7-8-9-10-11-12-13-20-33-27-15-14-25(21-26(27)29(2,3)4)22-28(32)30-23-24-16-18-31(5)19-17-24/h14-19,21H,6-13,20,22-23H2,1-5H3/p+1. The maximum atomic E-state index is 12.5. The van der Waals surface area contributed by atoms with E-state index in [1.807, 2.05) is 48.3 Å². The van der Waals surface area contributed by atoms with Crippen LogP contribution in [0.2, 0.25) is 0 Å². The molecule has 0 fully saturated rings. The lowest BCUT2D eigenvalue weighted by Crippen LogP contribution is -2.28. The normalized spacial score (nSPS) is 11.4. The molecule has 1 heterocycles. The zero-order valence-corrected chi connectivity index (χ0v) is 21.6. The van der Waals surface area contributed by atoms with Gasteiger partial charge in [0, 0.05) is 18.7 Å². The number of nitrogens with zero attached hydrogens (tertiary/aromatic N) is 1. The summed E-state index contributed by atoms with van der Waals surface area (Å²) in [6.45, 7) is 10.2. The number of amides is 1. The number of ether oxygens (including phenoxy) is 1. The lowest BCUT2D eigenvalue weighted by Gasteiger charge is -2.24. The SMILES string of the molecule is CCCCCCCCCCOc1ccc(CC(=O)NCc2cc[n+](C)cc2)cc1C(C)(C)C. The first kappa shape index (κ1) is 26.9. The highest BCUT2D eigenvalue weighted by atomic mass is 16.5. The third-order valence-electron chi connectivity index (χ3n) is 6.01. The van der Waals surface area contributed by atoms with Gasteiger partial charge in [-0.15, -0.1) is 0 Å². The number of rotatable bonds is 14. The molecule has 0 aliphatic heterocycles. The Kier molecular flexibility index (Phi) is 11.4. The molecule has 0 aliphatic carbocycles. The van der Waals surface area contributed by atoms with E-state index in [2.05, 4.69) is 39.1 Å². The first-order chi connectivity index (χ1) is 15.8. The van der Waals surface area contributed by atoms with Gasteiger partial charge >= 0.3 is 0 Å². The second kappa shape index (κ2) is 14.0. The number of benzene rings is 1. The molecule has 1 aromatic carbocycles. The number of hydrogen-bond donors (Lipinski definition) is 1. The molecule has 0 atom stereocenters. The number of carbonyl (C=O) groups is 1. The first-order valence-electron chi connectivity index (χ1n) is 12.8. The van der Waals surface area contributed by atoms with Gasteiger partial charge in [0.1, 0.15) is 12.8 Å². The van der Waals surface area contributed by atoms with E-state index < -0.39 is 0 Å². The first-order valence-corrected chi connectivity index (χ1v) is 12.8. The molecular weight excluding hydrogens is 408 g/mol. The Bertz CT molecular complexity index is 838. The Morgan fingerprint density at radius 3 is 2.18 bits per heavy atom. The van der Waals surface area contributed by atoms with Crippen LogP contribution in [0.1, 0.15) is 95.8 Å². The van der Waals surface area contributed by atoms with Crippen LogP contribution in [-0.2, 0) is 30.2 Å². The fourth-order valence-electron chi connectivity index (χ4n) is 3.92. The topological polar surface area (TPSA) is 42.2 Å². The summed E-state index contributed by atoms with van der Waals surface area (Å²) < 4.78 is 8.16. The third kappa shape index (κ3) is 10.4. The maximum absolute atomic E-state index is 12.5. The summed E-state index contributed by atoms with van der Waals surface area (Å²) >= 11 is 0. The molecule has 1 N–H and O–H groups in total. The van der Waals surface area contributed by atoms with Crippen LogP contribution in [0.15, 0.2) is 42.7 Å². The van der Waals surface area contributed by atoms with Crippen LogP contribution in [0.4, 0.5) is 0 Å². The largest absolute Gasteiger partial charge is 0.493 e. The van der Waals surface area contributed by atoms with Crippen molar-refractivity contribution in [1.29, 1.82) is 0 Å². The van der Waals surface area contributed by atoms with Crippen LogP contribution in [0.25, 0.3) is 0 Å². The summed E-state index contributed by atoms with van der Waals surface area (Å²) in [6.07, 6.45) is 14.7. The highest BCUT2D eigenvalue weighted by molar-refractivity contribution is 5.78. The van der Waals surface area contributed by atoms with Crippen molar-refractivity contribution >= 4 is 5.91 Å². The van der Waals surface area contributed by atoms with E-state index in [1.165, 1.54) is 50.5 Å². The number of pyridine rings is 1. The monoisotopic (exact) mass is 453 g/mol. The Labute approximate surface area is 201 Å². The molecule has 0 bridgehead atoms. The van der Waals surface area contributed by atoms with Gasteiger partial charge in [-0.2, -0.15) is 0 Å². The average Bonchev–Trinajstić information content (AvgIpc) is 2.77. The van der Waals surface area contributed by atoms with E-state index in [0.717, 1.165) is 29.9 Å². The maximum Gasteiger partial charge on any atom is 0.224 e. The van der Waals surface area contributed by atoms with Gasteiger partial charge in [-0.1, -0.05) is 84.8 Å². The van der Waals surface area contributed by atoms with Crippen LogP contribution < -0.4 is 14.6 Å². The van der Waals surface area contributed by atoms with Crippen LogP contribution in [-0.4, -0.2) is 12.5 Å². The van der Waals surface area contributed by atoms with Crippen LogP contribution in [0.3, 0.4) is 0 Å². The van der Waals surface area contributed by atoms with Crippen LogP contribution >= 0.6 is 0 Å². The van der Waals surface area contributed by atoms with Crippen molar-refractivity contribution in [3.63, 3.8) is 0 Å². The second-order valence-electron chi connectivity index (χ2n) is 10.2. The van der Waals surface area contributed by atoms with Crippen molar-refractivity contribution in [1.82, 2.24) is 5.32 Å². The summed E-state index contributed by atoms with van der Waals surface area (Å²) in [7, 11) is 1.98. The van der Waals surface area contributed by atoms with E-state index in [0.29, 0.717) is 13.0 Å². The minimum Gasteiger partial charge on any atom is -0.493 e. The quantitative estimate of drug-likeness (QED) is 0.274. The third-order valence-corrected chi connectivity index (χ3v) is 6.01. The fourth-order valence-corrected chi connectivity index (χ4v) is 3.92. The molecule has 33 heavy (non-hydrogen) atoms. The number of carbonyl (C=O) groups excluding carboxylic acids is 1. The molecule has 182 valence electrons. The summed E-state index contributed by atoms with van der Waals surface area (Å²) in [4.78, 5) is 12.5. The van der Waals surface area contributed by atoms with E-state index in [-0.39, 0.29) is 11.3 Å². The Morgan fingerprint density at radius 2 is 1.55 bits per heavy atom. The van der Waals surface area contributed by atoms with E-state index >= 15 is 0 Å². The molecule has 4 nitrogen and oxygen atoms in total.